The van der Waals surface area contributed by atoms with Crippen molar-refractivity contribution >= 4 is 22.4 Å². The molecule has 0 atom stereocenters. The Balaban J connectivity index is 1.94. The second-order valence-electron chi connectivity index (χ2n) is 5.45. The third-order valence-corrected chi connectivity index (χ3v) is 4.56. The lowest BCUT2D eigenvalue weighted by Gasteiger charge is -2.18. The number of nitrogens with zero attached hydrogens (tertiary/aromatic N) is 3. The van der Waals surface area contributed by atoms with Crippen LogP contribution in [0.4, 0.5) is 5.13 Å². The average Bonchev–Trinajstić information content (AvgIpc) is 3.12. The number of anilines is 1. The van der Waals surface area contributed by atoms with Gasteiger partial charge in [0, 0.05) is 42.4 Å². The fourth-order valence-corrected chi connectivity index (χ4v) is 3.19. The van der Waals surface area contributed by atoms with Crippen LogP contribution in [-0.2, 0) is 7.05 Å². The maximum atomic E-state index is 12.8. The lowest BCUT2D eigenvalue weighted by molar-refractivity contribution is 0.0989. The first-order valence-electron chi connectivity index (χ1n) is 7.70. The zero-order valence-electron chi connectivity index (χ0n) is 13.8. The first-order valence-corrected chi connectivity index (χ1v) is 8.58. The Morgan fingerprint density at radius 1 is 1.32 bits per heavy atom. The number of benzene rings is 1. The monoisotopic (exact) mass is 351 g/mol. The molecule has 5 nitrogen and oxygen atoms in total. The van der Waals surface area contributed by atoms with E-state index in [1.807, 2.05) is 35.7 Å². The van der Waals surface area contributed by atoms with E-state index in [1.54, 1.807) is 25.4 Å². The van der Waals surface area contributed by atoms with E-state index in [4.69, 9.17) is 0 Å². The highest BCUT2D eigenvalue weighted by Gasteiger charge is 2.20. The summed E-state index contributed by atoms with van der Waals surface area (Å²) < 4.78 is 1.42. The van der Waals surface area contributed by atoms with Crippen LogP contribution >= 0.6 is 11.3 Å². The summed E-state index contributed by atoms with van der Waals surface area (Å²) in [5.74, 6) is -0.272. The molecule has 3 rings (SSSR count). The standard InChI is InChI=1S/C19H17N3O2S/c1-3-10-22(18(24)15-9-11-21(2)17(23)12-15)19-20-16(13-25-19)14-7-5-4-6-8-14/h3-9,11-13H,1,10H2,2H3. The fourth-order valence-electron chi connectivity index (χ4n) is 2.34. The average molecular weight is 351 g/mol. The third-order valence-electron chi connectivity index (χ3n) is 3.70. The number of thiazole rings is 1. The second-order valence-corrected chi connectivity index (χ2v) is 6.29. The van der Waals surface area contributed by atoms with Crippen molar-refractivity contribution in [1.29, 1.82) is 0 Å². The minimum Gasteiger partial charge on any atom is -0.319 e. The molecule has 0 unspecified atom stereocenters. The van der Waals surface area contributed by atoms with Gasteiger partial charge in [-0.2, -0.15) is 0 Å². The van der Waals surface area contributed by atoms with E-state index >= 15 is 0 Å². The molecule has 126 valence electrons. The summed E-state index contributed by atoms with van der Waals surface area (Å²) in [5, 5.41) is 2.49. The van der Waals surface area contributed by atoms with Crippen LogP contribution in [0.1, 0.15) is 10.4 Å². The molecule has 0 saturated carbocycles. The first-order chi connectivity index (χ1) is 12.1. The predicted octanol–water partition coefficient (Wildman–Crippen LogP) is 3.34. The molecule has 2 heterocycles. The molecule has 0 aliphatic carbocycles. The van der Waals surface area contributed by atoms with Gasteiger partial charge in [-0.15, -0.1) is 17.9 Å². The Bertz CT molecular complexity index is 960. The van der Waals surface area contributed by atoms with Crippen LogP contribution in [0.25, 0.3) is 11.3 Å². The molecule has 25 heavy (non-hydrogen) atoms. The number of hydrogen-bond donors (Lipinski definition) is 0. The number of amides is 1. The van der Waals surface area contributed by atoms with Crippen molar-refractivity contribution < 1.29 is 4.79 Å². The zero-order valence-corrected chi connectivity index (χ0v) is 14.6. The highest BCUT2D eigenvalue weighted by atomic mass is 32.1. The van der Waals surface area contributed by atoms with Gasteiger partial charge < -0.3 is 4.57 Å². The summed E-state index contributed by atoms with van der Waals surface area (Å²) in [4.78, 5) is 30.8. The van der Waals surface area contributed by atoms with Crippen LogP contribution in [0, 0.1) is 0 Å². The topological polar surface area (TPSA) is 55.2 Å². The summed E-state index contributed by atoms with van der Waals surface area (Å²) >= 11 is 1.39. The Morgan fingerprint density at radius 3 is 2.76 bits per heavy atom. The van der Waals surface area contributed by atoms with E-state index in [-0.39, 0.29) is 11.5 Å². The SMILES string of the molecule is C=CCN(C(=O)c1ccn(C)c(=O)c1)c1nc(-c2ccccc2)cs1. The molecule has 0 aliphatic rings. The van der Waals surface area contributed by atoms with E-state index < -0.39 is 0 Å². The Hall–Kier alpha value is -2.99. The quantitative estimate of drug-likeness (QED) is 0.663. The molecule has 1 amide bonds. The smallest absolute Gasteiger partial charge is 0.260 e. The Kier molecular flexibility index (Phi) is 4.90. The van der Waals surface area contributed by atoms with Crippen molar-refractivity contribution in [3.05, 3.63) is 82.6 Å². The fraction of sp³-hybridized carbons (Fsp3) is 0.105. The maximum Gasteiger partial charge on any atom is 0.260 e. The third kappa shape index (κ3) is 3.59. The van der Waals surface area contributed by atoms with E-state index in [0.29, 0.717) is 17.2 Å². The first kappa shape index (κ1) is 16.9. The number of pyridine rings is 1. The summed E-state index contributed by atoms with van der Waals surface area (Å²) in [6, 6.07) is 12.7. The molecule has 3 aromatic rings. The van der Waals surface area contributed by atoms with Gasteiger partial charge in [-0.05, 0) is 6.07 Å². The summed E-state index contributed by atoms with van der Waals surface area (Å²) in [7, 11) is 1.64. The van der Waals surface area contributed by atoms with Gasteiger partial charge in [0.1, 0.15) is 0 Å². The minimum absolute atomic E-state index is 0.228. The number of hydrogen-bond acceptors (Lipinski definition) is 4. The van der Waals surface area contributed by atoms with Gasteiger partial charge in [0.2, 0.25) is 0 Å². The van der Waals surface area contributed by atoms with Crippen molar-refractivity contribution in [3.8, 4) is 11.3 Å². The van der Waals surface area contributed by atoms with Crippen molar-refractivity contribution in [2.75, 3.05) is 11.4 Å². The summed E-state index contributed by atoms with van der Waals surface area (Å²) in [6.45, 7) is 4.03. The van der Waals surface area contributed by atoms with Crippen LogP contribution in [-0.4, -0.2) is 22.0 Å². The van der Waals surface area contributed by atoms with Gasteiger partial charge >= 0.3 is 0 Å². The maximum absolute atomic E-state index is 12.8. The predicted molar refractivity (Wildman–Crippen MR) is 101 cm³/mol. The van der Waals surface area contributed by atoms with Gasteiger partial charge in [-0.1, -0.05) is 36.4 Å². The number of aromatic nitrogens is 2. The zero-order chi connectivity index (χ0) is 17.8. The van der Waals surface area contributed by atoms with Crippen LogP contribution in [0.15, 0.2) is 71.5 Å². The Morgan fingerprint density at radius 2 is 2.08 bits per heavy atom. The lowest BCUT2D eigenvalue weighted by atomic mass is 10.2. The summed E-state index contributed by atoms with van der Waals surface area (Å²) in [6.07, 6.45) is 3.22. The molecule has 0 spiro atoms. The highest BCUT2D eigenvalue weighted by molar-refractivity contribution is 7.14. The van der Waals surface area contributed by atoms with E-state index in [1.165, 1.54) is 26.9 Å². The van der Waals surface area contributed by atoms with Crippen LogP contribution in [0.2, 0.25) is 0 Å². The number of carbonyl (C=O) groups excluding carboxylic acids is 1. The molecule has 1 aromatic carbocycles. The molecule has 0 aliphatic heterocycles. The normalized spacial score (nSPS) is 10.4. The van der Waals surface area contributed by atoms with Gasteiger partial charge in [0.25, 0.3) is 11.5 Å². The molecule has 0 fully saturated rings. The molecule has 0 N–H and O–H groups in total. The number of rotatable bonds is 5. The highest BCUT2D eigenvalue weighted by Crippen LogP contribution is 2.28. The van der Waals surface area contributed by atoms with Crippen LogP contribution < -0.4 is 10.5 Å². The molecule has 0 saturated heterocycles. The van der Waals surface area contributed by atoms with E-state index in [2.05, 4.69) is 11.6 Å². The van der Waals surface area contributed by atoms with Crippen molar-refractivity contribution in [2.24, 2.45) is 7.05 Å². The van der Waals surface area contributed by atoms with Gasteiger partial charge in [0.05, 0.1) is 5.69 Å². The Labute approximate surface area is 149 Å². The molecule has 0 bridgehead atoms. The largest absolute Gasteiger partial charge is 0.319 e. The van der Waals surface area contributed by atoms with Crippen molar-refractivity contribution in [2.45, 2.75) is 0 Å². The van der Waals surface area contributed by atoms with Gasteiger partial charge in [0.15, 0.2) is 5.13 Å². The van der Waals surface area contributed by atoms with Crippen molar-refractivity contribution in [1.82, 2.24) is 9.55 Å². The number of carbonyl (C=O) groups is 1. The molecular weight excluding hydrogens is 334 g/mol. The van der Waals surface area contributed by atoms with Gasteiger partial charge in [-0.25, -0.2) is 4.98 Å². The van der Waals surface area contributed by atoms with E-state index in [0.717, 1.165) is 11.3 Å². The van der Waals surface area contributed by atoms with Gasteiger partial charge in [-0.3, -0.25) is 14.5 Å². The van der Waals surface area contributed by atoms with Crippen LogP contribution in [0.3, 0.4) is 0 Å². The molecular formula is C19H17N3O2S. The van der Waals surface area contributed by atoms with E-state index in [9.17, 15) is 9.59 Å². The molecule has 0 radical (unpaired) electrons. The van der Waals surface area contributed by atoms with Crippen molar-refractivity contribution in [3.63, 3.8) is 0 Å². The van der Waals surface area contributed by atoms with Crippen LogP contribution in [0.5, 0.6) is 0 Å². The molecule has 6 heteroatoms. The summed E-state index contributed by atoms with van der Waals surface area (Å²) in [5.41, 5.74) is 1.91. The molecule has 2 aromatic heterocycles. The number of aryl methyl sites for hydroxylation is 1. The second kappa shape index (κ2) is 7.27. The lowest BCUT2D eigenvalue weighted by Crippen LogP contribution is -2.32. The minimum atomic E-state index is -0.272.